The van der Waals surface area contributed by atoms with E-state index in [2.05, 4.69) is 20.8 Å². The van der Waals surface area contributed by atoms with E-state index in [1.54, 1.807) is 7.11 Å². The highest BCUT2D eigenvalue weighted by atomic mass is 32.1. The van der Waals surface area contributed by atoms with Crippen LogP contribution in [0.4, 0.5) is 0 Å². The molecule has 0 atom stereocenters. The number of hydrogen-bond acceptors (Lipinski definition) is 3. The third kappa shape index (κ3) is 2.18. The molecule has 1 N–H and O–H groups in total. The number of ether oxygens (including phenoxy) is 1. The number of aromatic amines is 1. The average Bonchev–Trinajstić information content (AvgIpc) is 3.17. The van der Waals surface area contributed by atoms with Gasteiger partial charge in [-0.3, -0.25) is 9.67 Å². The van der Waals surface area contributed by atoms with Crippen LogP contribution in [0.15, 0.2) is 24.3 Å². The molecule has 1 aromatic carbocycles. The molecule has 3 rings (SSSR count). The van der Waals surface area contributed by atoms with Crippen LogP contribution in [0.25, 0.3) is 0 Å². The summed E-state index contributed by atoms with van der Waals surface area (Å²) in [5.41, 5.74) is 1.17. The van der Waals surface area contributed by atoms with Crippen LogP contribution >= 0.6 is 12.2 Å². The summed E-state index contributed by atoms with van der Waals surface area (Å²) in [6.07, 6.45) is 2.44. The Bertz CT molecular complexity index is 613. The van der Waals surface area contributed by atoms with E-state index in [0.717, 1.165) is 18.1 Å². The van der Waals surface area contributed by atoms with Crippen molar-refractivity contribution < 1.29 is 4.74 Å². The lowest BCUT2D eigenvalue weighted by molar-refractivity contribution is 0.414. The molecule has 0 saturated heterocycles. The highest BCUT2D eigenvalue weighted by Gasteiger charge is 2.28. The molecule has 0 spiro atoms. The van der Waals surface area contributed by atoms with Gasteiger partial charge in [0.1, 0.15) is 11.6 Å². The number of benzene rings is 1. The number of aromatic nitrogens is 3. The summed E-state index contributed by atoms with van der Waals surface area (Å²) in [4.78, 5) is 0. The van der Waals surface area contributed by atoms with Gasteiger partial charge < -0.3 is 4.74 Å². The van der Waals surface area contributed by atoms with E-state index >= 15 is 0 Å². The van der Waals surface area contributed by atoms with Crippen LogP contribution in [0.5, 0.6) is 5.75 Å². The first-order valence-corrected chi connectivity index (χ1v) is 6.47. The first-order valence-electron chi connectivity index (χ1n) is 6.06. The largest absolute Gasteiger partial charge is 0.497 e. The van der Waals surface area contributed by atoms with E-state index in [0.29, 0.717) is 10.7 Å². The molecule has 0 radical (unpaired) electrons. The van der Waals surface area contributed by atoms with Crippen molar-refractivity contribution in [3.8, 4) is 5.75 Å². The van der Waals surface area contributed by atoms with Gasteiger partial charge >= 0.3 is 0 Å². The lowest BCUT2D eigenvalue weighted by Crippen LogP contribution is -2.04. The van der Waals surface area contributed by atoms with Gasteiger partial charge in [0.2, 0.25) is 0 Å². The fourth-order valence-corrected chi connectivity index (χ4v) is 2.29. The van der Waals surface area contributed by atoms with Gasteiger partial charge in [-0.15, -0.1) is 0 Å². The summed E-state index contributed by atoms with van der Waals surface area (Å²) >= 11 is 5.29. The molecule has 94 valence electrons. The summed E-state index contributed by atoms with van der Waals surface area (Å²) in [6.45, 7) is 0.748. The van der Waals surface area contributed by atoms with Crippen LogP contribution in [-0.2, 0) is 6.54 Å². The number of methoxy groups -OCH3 is 1. The van der Waals surface area contributed by atoms with Crippen molar-refractivity contribution in [2.45, 2.75) is 25.3 Å². The van der Waals surface area contributed by atoms with Gasteiger partial charge in [0, 0.05) is 5.92 Å². The predicted molar refractivity (Wildman–Crippen MR) is 71.5 cm³/mol. The zero-order valence-corrected chi connectivity index (χ0v) is 11.0. The Morgan fingerprint density at radius 1 is 1.50 bits per heavy atom. The van der Waals surface area contributed by atoms with Crippen molar-refractivity contribution in [2.75, 3.05) is 7.11 Å². The normalized spacial score (nSPS) is 14.7. The second-order valence-electron chi connectivity index (χ2n) is 4.60. The summed E-state index contributed by atoms with van der Waals surface area (Å²) in [5, 5.41) is 7.22. The van der Waals surface area contributed by atoms with Gasteiger partial charge in [0.15, 0.2) is 4.77 Å². The standard InChI is InChI=1S/C13H15N3OS/c1-17-11-4-2-3-9(7-11)8-16-12(10-5-6-10)14-15-13(16)18/h2-4,7,10H,5-6,8H2,1H3,(H,15,18). The molecule has 18 heavy (non-hydrogen) atoms. The van der Waals surface area contributed by atoms with Gasteiger partial charge in [0.25, 0.3) is 0 Å². The molecule has 0 amide bonds. The Morgan fingerprint density at radius 3 is 3.06 bits per heavy atom. The third-order valence-corrected chi connectivity index (χ3v) is 3.52. The lowest BCUT2D eigenvalue weighted by Gasteiger charge is -2.07. The van der Waals surface area contributed by atoms with E-state index < -0.39 is 0 Å². The second kappa shape index (κ2) is 4.57. The van der Waals surface area contributed by atoms with E-state index in [1.165, 1.54) is 18.4 Å². The van der Waals surface area contributed by atoms with Crippen molar-refractivity contribution in [1.82, 2.24) is 14.8 Å². The lowest BCUT2D eigenvalue weighted by atomic mass is 10.2. The molecule has 1 fully saturated rings. The van der Waals surface area contributed by atoms with Gasteiger partial charge in [0.05, 0.1) is 13.7 Å². The number of nitrogens with one attached hydrogen (secondary N) is 1. The third-order valence-electron chi connectivity index (χ3n) is 3.21. The number of hydrogen-bond donors (Lipinski definition) is 1. The molecule has 0 aliphatic heterocycles. The van der Waals surface area contributed by atoms with Crippen molar-refractivity contribution in [1.29, 1.82) is 0 Å². The molecule has 2 aromatic rings. The van der Waals surface area contributed by atoms with Crippen LogP contribution in [-0.4, -0.2) is 21.9 Å². The van der Waals surface area contributed by atoms with Crippen molar-refractivity contribution in [3.63, 3.8) is 0 Å². The van der Waals surface area contributed by atoms with Crippen LogP contribution in [0.3, 0.4) is 0 Å². The quantitative estimate of drug-likeness (QED) is 0.861. The summed E-state index contributed by atoms with van der Waals surface area (Å²) in [7, 11) is 1.68. The topological polar surface area (TPSA) is 42.8 Å². The molecule has 0 bridgehead atoms. The molecule has 4 nitrogen and oxygen atoms in total. The molecule has 5 heteroatoms. The van der Waals surface area contributed by atoms with Crippen molar-refractivity contribution >= 4 is 12.2 Å². The van der Waals surface area contributed by atoms with Crippen LogP contribution in [0, 0.1) is 4.77 Å². The van der Waals surface area contributed by atoms with E-state index in [9.17, 15) is 0 Å². The Morgan fingerprint density at radius 2 is 2.33 bits per heavy atom. The first kappa shape index (κ1) is 11.5. The van der Waals surface area contributed by atoms with Gasteiger partial charge in [-0.05, 0) is 42.8 Å². The van der Waals surface area contributed by atoms with E-state index in [-0.39, 0.29) is 0 Å². The first-order chi connectivity index (χ1) is 8.78. The molecular formula is C13H15N3OS. The van der Waals surface area contributed by atoms with Crippen LogP contribution < -0.4 is 4.74 Å². The minimum Gasteiger partial charge on any atom is -0.497 e. The Kier molecular flexibility index (Phi) is 2.91. The van der Waals surface area contributed by atoms with Crippen LogP contribution in [0.1, 0.15) is 30.1 Å². The monoisotopic (exact) mass is 261 g/mol. The maximum Gasteiger partial charge on any atom is 0.195 e. The zero-order chi connectivity index (χ0) is 12.5. The number of H-pyrrole nitrogens is 1. The highest BCUT2D eigenvalue weighted by Crippen LogP contribution is 2.39. The summed E-state index contributed by atoms with van der Waals surface area (Å²) in [5.74, 6) is 2.54. The molecule has 1 heterocycles. The molecule has 1 aliphatic rings. The van der Waals surface area contributed by atoms with E-state index in [1.807, 2.05) is 18.2 Å². The molecule has 1 aromatic heterocycles. The highest BCUT2D eigenvalue weighted by molar-refractivity contribution is 7.71. The minimum absolute atomic E-state index is 0.587. The van der Waals surface area contributed by atoms with Gasteiger partial charge in [-0.2, -0.15) is 5.10 Å². The molecular weight excluding hydrogens is 246 g/mol. The van der Waals surface area contributed by atoms with Gasteiger partial charge in [-0.1, -0.05) is 12.1 Å². The van der Waals surface area contributed by atoms with Crippen LogP contribution in [0.2, 0.25) is 0 Å². The Hall–Kier alpha value is -1.62. The predicted octanol–water partition coefficient (Wildman–Crippen LogP) is 2.87. The average molecular weight is 261 g/mol. The fraction of sp³-hybridized carbons (Fsp3) is 0.385. The second-order valence-corrected chi connectivity index (χ2v) is 4.99. The SMILES string of the molecule is COc1cccc(Cn2c(C3CC3)n[nH]c2=S)c1. The number of nitrogens with zero attached hydrogens (tertiary/aromatic N) is 2. The van der Waals surface area contributed by atoms with E-state index in [4.69, 9.17) is 17.0 Å². The minimum atomic E-state index is 0.587. The molecule has 1 aliphatic carbocycles. The maximum atomic E-state index is 5.29. The number of rotatable bonds is 4. The zero-order valence-electron chi connectivity index (χ0n) is 10.2. The van der Waals surface area contributed by atoms with Gasteiger partial charge in [-0.25, -0.2) is 0 Å². The van der Waals surface area contributed by atoms with Crippen molar-refractivity contribution in [2.24, 2.45) is 0 Å². The smallest absolute Gasteiger partial charge is 0.195 e. The Labute approximate surface area is 111 Å². The van der Waals surface area contributed by atoms with Crippen molar-refractivity contribution in [3.05, 3.63) is 40.4 Å². The Balaban J connectivity index is 1.91. The molecule has 0 unspecified atom stereocenters. The summed E-state index contributed by atoms with van der Waals surface area (Å²) in [6, 6.07) is 8.05. The fourth-order valence-electron chi connectivity index (χ4n) is 2.09. The maximum absolute atomic E-state index is 5.29. The summed E-state index contributed by atoms with van der Waals surface area (Å²) < 4.78 is 8.01. The molecule has 1 saturated carbocycles.